The molecule has 5 nitrogen and oxygen atoms in total. The molecule has 0 bridgehead atoms. The Labute approximate surface area is 116 Å². The van der Waals surface area contributed by atoms with Crippen molar-refractivity contribution >= 4 is 33.5 Å². The molecule has 0 saturated carbocycles. The first-order valence-electron chi connectivity index (χ1n) is 5.90. The summed E-state index contributed by atoms with van der Waals surface area (Å²) in [7, 11) is 0. The van der Waals surface area contributed by atoms with Gasteiger partial charge in [-0.15, -0.1) is 0 Å². The molecule has 1 heterocycles. The van der Waals surface area contributed by atoms with Gasteiger partial charge >= 0.3 is 0 Å². The number of hydrogen-bond acceptors (Lipinski definition) is 4. The van der Waals surface area contributed by atoms with Crippen LogP contribution in [-0.2, 0) is 0 Å². The average Bonchev–Trinajstić information content (AvgIpc) is 2.81. The molecule has 1 aromatic carbocycles. The summed E-state index contributed by atoms with van der Waals surface area (Å²) in [6, 6.07) is 6.23. The number of aliphatic imine (C=N–C) groups is 1. The summed E-state index contributed by atoms with van der Waals surface area (Å²) in [4.78, 5) is 4.38. The highest BCUT2D eigenvalue weighted by atomic mass is 32.2. The van der Waals surface area contributed by atoms with E-state index in [1.165, 1.54) is 11.8 Å². The molecule has 0 aliphatic heterocycles. The zero-order valence-electron chi connectivity index (χ0n) is 11.1. The summed E-state index contributed by atoms with van der Waals surface area (Å²) >= 11 is 1.40. The van der Waals surface area contributed by atoms with Crippen molar-refractivity contribution in [2.75, 3.05) is 6.26 Å². The molecule has 0 aliphatic rings. The highest BCUT2D eigenvalue weighted by molar-refractivity contribution is 8.13. The van der Waals surface area contributed by atoms with Crippen molar-refractivity contribution in [1.29, 1.82) is 5.26 Å². The van der Waals surface area contributed by atoms with Crippen LogP contribution in [0.15, 0.2) is 29.4 Å². The van der Waals surface area contributed by atoms with Crippen LogP contribution in [0.5, 0.6) is 0 Å². The van der Waals surface area contributed by atoms with Gasteiger partial charge in [0, 0.05) is 11.4 Å². The lowest BCUT2D eigenvalue weighted by Crippen LogP contribution is -2.12. The van der Waals surface area contributed by atoms with Crippen LogP contribution < -0.4 is 5.32 Å². The van der Waals surface area contributed by atoms with Crippen molar-refractivity contribution in [3.05, 3.63) is 24.4 Å². The van der Waals surface area contributed by atoms with Gasteiger partial charge < -0.3 is 0 Å². The van der Waals surface area contributed by atoms with Gasteiger partial charge in [0.25, 0.3) is 0 Å². The Hall–Kier alpha value is -2.00. The highest BCUT2D eigenvalue weighted by Crippen LogP contribution is 2.23. The largest absolute Gasteiger partial charge is 0.271 e. The quantitative estimate of drug-likeness (QED) is 0.395. The maximum atomic E-state index is 8.61. The third kappa shape index (κ3) is 2.88. The summed E-state index contributed by atoms with van der Waals surface area (Å²) in [5.74, 6) is 0. The van der Waals surface area contributed by atoms with E-state index in [0.717, 1.165) is 16.6 Å². The van der Waals surface area contributed by atoms with E-state index in [1.54, 1.807) is 0 Å². The van der Waals surface area contributed by atoms with Gasteiger partial charge in [0.15, 0.2) is 11.4 Å². The SMILES string of the molecule is CSC(=Nc1ccc2c(cnn2C(C)C)c1)NC#N. The molecule has 6 heteroatoms. The minimum absolute atomic E-state index is 0.328. The van der Waals surface area contributed by atoms with Gasteiger partial charge in [-0.25, -0.2) is 4.99 Å². The second-order valence-corrected chi connectivity index (χ2v) is 5.08. The van der Waals surface area contributed by atoms with Crippen molar-refractivity contribution in [3.63, 3.8) is 0 Å². The standard InChI is InChI=1S/C13H15N5S/c1-9(2)18-12-5-4-11(6-10(12)7-16-18)17-13(19-3)15-8-14/h4-7,9H,1-3H3,(H,15,17). The fraction of sp³-hybridized carbons (Fsp3) is 0.308. The van der Waals surface area contributed by atoms with Crippen LogP contribution in [-0.4, -0.2) is 21.2 Å². The minimum Gasteiger partial charge on any atom is -0.271 e. The van der Waals surface area contributed by atoms with Crippen molar-refractivity contribution in [3.8, 4) is 6.19 Å². The summed E-state index contributed by atoms with van der Waals surface area (Å²) in [6.07, 6.45) is 5.59. The van der Waals surface area contributed by atoms with Crippen LogP contribution in [0.4, 0.5) is 5.69 Å². The molecule has 98 valence electrons. The molecule has 1 N–H and O–H groups in total. The minimum atomic E-state index is 0.328. The normalized spacial score (nSPS) is 11.8. The van der Waals surface area contributed by atoms with Gasteiger partial charge in [-0.05, 0) is 38.3 Å². The molecule has 0 saturated heterocycles. The number of nitriles is 1. The van der Waals surface area contributed by atoms with Gasteiger partial charge in [0.05, 0.1) is 17.4 Å². The number of thioether (sulfide) groups is 1. The smallest absolute Gasteiger partial charge is 0.183 e. The molecule has 0 atom stereocenters. The summed E-state index contributed by atoms with van der Waals surface area (Å²) in [5.41, 5.74) is 1.90. The van der Waals surface area contributed by atoms with E-state index in [2.05, 4.69) is 29.3 Å². The van der Waals surface area contributed by atoms with Crippen LogP contribution in [0.2, 0.25) is 0 Å². The van der Waals surface area contributed by atoms with E-state index in [4.69, 9.17) is 5.26 Å². The Morgan fingerprint density at radius 3 is 2.95 bits per heavy atom. The van der Waals surface area contributed by atoms with E-state index in [1.807, 2.05) is 41.5 Å². The van der Waals surface area contributed by atoms with Gasteiger partial charge in [-0.3, -0.25) is 10.00 Å². The molecule has 0 spiro atoms. The molecule has 19 heavy (non-hydrogen) atoms. The third-order valence-electron chi connectivity index (χ3n) is 2.66. The number of nitrogens with one attached hydrogen (secondary N) is 1. The van der Waals surface area contributed by atoms with E-state index >= 15 is 0 Å². The lowest BCUT2D eigenvalue weighted by atomic mass is 10.2. The Kier molecular flexibility index (Phi) is 4.07. The zero-order valence-corrected chi connectivity index (χ0v) is 11.9. The number of hydrogen-bond donors (Lipinski definition) is 1. The summed E-state index contributed by atoms with van der Waals surface area (Å²) in [5, 5.41) is 17.2. The van der Waals surface area contributed by atoms with Gasteiger partial charge in [-0.1, -0.05) is 11.8 Å². The maximum Gasteiger partial charge on any atom is 0.183 e. The van der Waals surface area contributed by atoms with E-state index < -0.39 is 0 Å². The lowest BCUT2D eigenvalue weighted by Gasteiger charge is -2.07. The average molecular weight is 273 g/mol. The van der Waals surface area contributed by atoms with Gasteiger partial charge in [-0.2, -0.15) is 10.4 Å². The fourth-order valence-corrected chi connectivity index (χ4v) is 2.16. The van der Waals surface area contributed by atoms with Gasteiger partial charge in [0.2, 0.25) is 0 Å². The van der Waals surface area contributed by atoms with Crippen molar-refractivity contribution in [2.45, 2.75) is 19.9 Å². The number of rotatable bonds is 2. The first-order chi connectivity index (χ1) is 9.15. The van der Waals surface area contributed by atoms with Crippen LogP contribution in [0.25, 0.3) is 10.9 Å². The third-order valence-corrected chi connectivity index (χ3v) is 3.24. The van der Waals surface area contributed by atoms with E-state index in [0.29, 0.717) is 11.2 Å². The van der Waals surface area contributed by atoms with Crippen molar-refractivity contribution in [2.24, 2.45) is 4.99 Å². The topological polar surface area (TPSA) is 66.0 Å². The molecule has 0 amide bonds. The Morgan fingerprint density at radius 2 is 2.32 bits per heavy atom. The maximum absolute atomic E-state index is 8.61. The first kappa shape index (κ1) is 13.4. The van der Waals surface area contributed by atoms with E-state index in [-0.39, 0.29) is 0 Å². The van der Waals surface area contributed by atoms with E-state index in [9.17, 15) is 0 Å². The predicted octanol–water partition coefficient (Wildman–Crippen LogP) is 3.04. The molecule has 0 unspecified atom stereocenters. The predicted molar refractivity (Wildman–Crippen MR) is 79.5 cm³/mol. The lowest BCUT2D eigenvalue weighted by molar-refractivity contribution is 0.551. The van der Waals surface area contributed by atoms with Crippen LogP contribution in [0, 0.1) is 11.5 Å². The molecular formula is C13H15N5S. The molecule has 0 aliphatic carbocycles. The van der Waals surface area contributed by atoms with Crippen molar-refractivity contribution in [1.82, 2.24) is 15.1 Å². The number of fused-ring (bicyclic) bond motifs is 1. The number of amidine groups is 1. The van der Waals surface area contributed by atoms with Crippen molar-refractivity contribution < 1.29 is 0 Å². The summed E-state index contributed by atoms with van der Waals surface area (Å²) in [6.45, 7) is 4.20. The molecule has 2 aromatic rings. The molecule has 0 radical (unpaired) electrons. The number of aromatic nitrogens is 2. The molecule has 0 fully saturated rings. The Bertz CT molecular complexity index is 651. The van der Waals surface area contributed by atoms with Gasteiger partial charge in [0.1, 0.15) is 0 Å². The van der Waals surface area contributed by atoms with Crippen LogP contribution in [0.3, 0.4) is 0 Å². The first-order valence-corrected chi connectivity index (χ1v) is 7.13. The highest BCUT2D eigenvalue weighted by Gasteiger charge is 2.06. The zero-order chi connectivity index (χ0) is 13.8. The number of benzene rings is 1. The van der Waals surface area contributed by atoms with Crippen LogP contribution >= 0.6 is 11.8 Å². The molecule has 1 aromatic heterocycles. The Balaban J connectivity index is 2.40. The monoisotopic (exact) mass is 273 g/mol. The Morgan fingerprint density at radius 1 is 1.53 bits per heavy atom. The second-order valence-electron chi connectivity index (χ2n) is 4.28. The summed E-state index contributed by atoms with van der Waals surface area (Å²) < 4.78 is 1.98. The van der Waals surface area contributed by atoms with Crippen LogP contribution in [0.1, 0.15) is 19.9 Å². The number of nitrogens with zero attached hydrogens (tertiary/aromatic N) is 4. The molecule has 2 rings (SSSR count). The second kappa shape index (κ2) is 5.76. The molecular weight excluding hydrogens is 258 g/mol. The fourth-order valence-electron chi connectivity index (χ4n) is 1.81.